The second-order valence-electron chi connectivity index (χ2n) is 8.38. The van der Waals surface area contributed by atoms with E-state index >= 15 is 0 Å². The van der Waals surface area contributed by atoms with E-state index in [9.17, 15) is 0 Å². The number of amidine groups is 1. The number of nitrogens with one attached hydrogen (secondary N) is 3. The zero-order chi connectivity index (χ0) is 19.8. The highest BCUT2D eigenvalue weighted by atomic mass is 15.4. The standard InChI is InChI=1S/C20H27N9/c1-13-10-18(26-25-13)23-20-24-19(17-4-2-9-29(17)27-20)22-14-11-15-5-6-16(12-14)28(15)8-3-7-21/h2,4,9,13-16,25H,3,5-6,8,10-12H2,1H3,(H2,22,23,24,26,27)/t13?,14-,15-,16+. The number of hydrazone groups is 1. The molecule has 0 spiro atoms. The lowest BCUT2D eigenvalue weighted by Gasteiger charge is -2.39. The Balaban J connectivity index is 1.33. The van der Waals surface area contributed by atoms with Crippen molar-refractivity contribution in [2.45, 2.75) is 69.6 Å². The minimum absolute atomic E-state index is 0.326. The first-order chi connectivity index (χ1) is 14.2. The van der Waals surface area contributed by atoms with Crippen LogP contribution < -0.4 is 16.1 Å². The lowest BCUT2D eigenvalue weighted by Crippen LogP contribution is -2.47. The minimum Gasteiger partial charge on any atom is -0.365 e. The molecule has 5 heterocycles. The molecule has 0 aromatic carbocycles. The summed E-state index contributed by atoms with van der Waals surface area (Å²) in [4.78, 5) is 7.32. The number of fused-ring (bicyclic) bond motifs is 3. The van der Waals surface area contributed by atoms with Crippen LogP contribution in [0.3, 0.4) is 0 Å². The van der Waals surface area contributed by atoms with Crippen LogP contribution in [0.25, 0.3) is 5.52 Å². The van der Waals surface area contributed by atoms with E-state index in [2.05, 4.69) is 44.2 Å². The second kappa shape index (κ2) is 7.52. The lowest BCUT2D eigenvalue weighted by atomic mass is 9.97. The van der Waals surface area contributed by atoms with Crippen LogP contribution >= 0.6 is 0 Å². The van der Waals surface area contributed by atoms with Crippen LogP contribution in [0, 0.1) is 11.3 Å². The molecule has 2 fully saturated rings. The van der Waals surface area contributed by atoms with Gasteiger partial charge in [0.1, 0.15) is 11.4 Å². The van der Waals surface area contributed by atoms with Gasteiger partial charge in [0.2, 0.25) is 5.95 Å². The van der Waals surface area contributed by atoms with E-state index in [0.29, 0.717) is 36.5 Å². The number of nitriles is 1. The molecule has 0 saturated carbocycles. The van der Waals surface area contributed by atoms with Gasteiger partial charge in [-0.15, -0.1) is 5.10 Å². The van der Waals surface area contributed by atoms with Crippen molar-refractivity contribution in [1.29, 1.82) is 5.26 Å². The van der Waals surface area contributed by atoms with E-state index in [4.69, 9.17) is 10.2 Å². The summed E-state index contributed by atoms with van der Waals surface area (Å²) in [5.74, 6) is 2.28. The average molecular weight is 393 g/mol. The Kier molecular flexibility index (Phi) is 4.72. The van der Waals surface area contributed by atoms with Crippen LogP contribution in [0.1, 0.15) is 45.4 Å². The zero-order valence-electron chi connectivity index (χ0n) is 16.7. The molecule has 1 unspecified atom stereocenters. The molecule has 2 aromatic heterocycles. The molecule has 0 aliphatic carbocycles. The van der Waals surface area contributed by atoms with Gasteiger partial charge in [0.15, 0.2) is 5.82 Å². The quantitative estimate of drug-likeness (QED) is 0.715. The highest BCUT2D eigenvalue weighted by molar-refractivity contribution is 5.95. The molecule has 5 rings (SSSR count). The van der Waals surface area contributed by atoms with E-state index in [1.807, 2.05) is 22.8 Å². The van der Waals surface area contributed by atoms with E-state index in [-0.39, 0.29) is 0 Å². The van der Waals surface area contributed by atoms with Crippen LogP contribution in [0.2, 0.25) is 0 Å². The van der Waals surface area contributed by atoms with Crippen molar-refractivity contribution in [2.24, 2.45) is 5.10 Å². The first-order valence-electron chi connectivity index (χ1n) is 10.5. The number of rotatable bonds is 5. The van der Waals surface area contributed by atoms with E-state index in [1.54, 1.807) is 0 Å². The van der Waals surface area contributed by atoms with Gasteiger partial charge < -0.3 is 16.1 Å². The van der Waals surface area contributed by atoms with Gasteiger partial charge in [0.05, 0.1) is 6.07 Å². The fourth-order valence-corrected chi connectivity index (χ4v) is 5.00. The summed E-state index contributed by atoms with van der Waals surface area (Å²) in [6, 6.07) is 8.18. The van der Waals surface area contributed by atoms with Crippen molar-refractivity contribution in [1.82, 2.24) is 24.9 Å². The topological polar surface area (TPSA) is 106 Å². The predicted molar refractivity (Wildman–Crippen MR) is 112 cm³/mol. The van der Waals surface area contributed by atoms with Crippen LogP contribution in [-0.2, 0) is 0 Å². The zero-order valence-corrected chi connectivity index (χ0v) is 16.7. The third-order valence-electron chi connectivity index (χ3n) is 6.27. The maximum Gasteiger partial charge on any atom is 0.248 e. The Hall–Kier alpha value is -2.86. The molecular formula is C20H27N9. The van der Waals surface area contributed by atoms with Gasteiger partial charge >= 0.3 is 0 Å². The van der Waals surface area contributed by atoms with Gasteiger partial charge in [-0.25, -0.2) is 4.52 Å². The summed E-state index contributed by atoms with van der Waals surface area (Å²) in [7, 11) is 0. The van der Waals surface area contributed by atoms with Gasteiger partial charge in [-0.05, 0) is 44.7 Å². The molecule has 2 bridgehead atoms. The molecule has 0 radical (unpaired) electrons. The number of hydrogen-bond acceptors (Lipinski definition) is 8. The fourth-order valence-electron chi connectivity index (χ4n) is 5.00. The molecule has 3 aliphatic rings. The molecule has 0 amide bonds. The Morgan fingerprint density at radius 2 is 2.14 bits per heavy atom. The Morgan fingerprint density at radius 1 is 1.31 bits per heavy atom. The van der Waals surface area contributed by atoms with Crippen molar-refractivity contribution >= 4 is 23.1 Å². The molecule has 3 N–H and O–H groups in total. The van der Waals surface area contributed by atoms with Gasteiger partial charge in [0, 0.05) is 49.8 Å². The number of nitrogens with zero attached hydrogens (tertiary/aromatic N) is 6. The van der Waals surface area contributed by atoms with Gasteiger partial charge in [0.25, 0.3) is 0 Å². The number of piperidine rings is 1. The van der Waals surface area contributed by atoms with Crippen molar-refractivity contribution in [2.75, 3.05) is 17.2 Å². The van der Waals surface area contributed by atoms with Crippen LogP contribution in [0.15, 0.2) is 23.4 Å². The van der Waals surface area contributed by atoms with Crippen LogP contribution in [-0.4, -0.2) is 56.0 Å². The first kappa shape index (κ1) is 18.2. The summed E-state index contributed by atoms with van der Waals surface area (Å²) in [6.45, 7) is 3.00. The van der Waals surface area contributed by atoms with Crippen LogP contribution in [0.4, 0.5) is 11.8 Å². The minimum atomic E-state index is 0.326. The fraction of sp³-hybridized carbons (Fsp3) is 0.600. The number of anilines is 2. The SMILES string of the molecule is CC1CC(Nc2nc(N[C@@H]3C[C@H]4CC[C@@H](C3)N4CCC#N)c3cccn3n2)=NN1. The maximum absolute atomic E-state index is 8.94. The predicted octanol–water partition coefficient (Wildman–Crippen LogP) is 2.16. The van der Waals surface area contributed by atoms with Crippen molar-refractivity contribution < 1.29 is 0 Å². The molecule has 3 aliphatic heterocycles. The maximum atomic E-state index is 8.94. The normalized spacial score (nSPS) is 28.8. The largest absolute Gasteiger partial charge is 0.365 e. The molecule has 152 valence electrons. The molecule has 9 heteroatoms. The third kappa shape index (κ3) is 3.60. The van der Waals surface area contributed by atoms with Crippen molar-refractivity contribution in [3.8, 4) is 6.07 Å². The molecule has 9 nitrogen and oxygen atoms in total. The number of hydrogen-bond donors (Lipinski definition) is 3. The molecule has 2 saturated heterocycles. The first-order valence-corrected chi connectivity index (χ1v) is 10.5. The number of aromatic nitrogens is 3. The monoisotopic (exact) mass is 393 g/mol. The van der Waals surface area contributed by atoms with E-state index in [1.165, 1.54) is 12.8 Å². The van der Waals surface area contributed by atoms with Gasteiger partial charge in [-0.3, -0.25) is 4.90 Å². The Bertz CT molecular complexity index is 945. The molecule has 2 aromatic rings. The highest BCUT2D eigenvalue weighted by Gasteiger charge is 2.40. The summed E-state index contributed by atoms with van der Waals surface area (Å²) in [5, 5.41) is 24.8. The van der Waals surface area contributed by atoms with E-state index < -0.39 is 0 Å². The smallest absolute Gasteiger partial charge is 0.248 e. The lowest BCUT2D eigenvalue weighted by molar-refractivity contribution is 0.136. The Morgan fingerprint density at radius 3 is 2.86 bits per heavy atom. The second-order valence-corrected chi connectivity index (χ2v) is 8.38. The third-order valence-corrected chi connectivity index (χ3v) is 6.27. The van der Waals surface area contributed by atoms with Gasteiger partial charge in [-0.1, -0.05) is 0 Å². The van der Waals surface area contributed by atoms with Gasteiger partial charge in [-0.2, -0.15) is 15.3 Å². The summed E-state index contributed by atoms with van der Waals surface area (Å²) >= 11 is 0. The highest BCUT2D eigenvalue weighted by Crippen LogP contribution is 2.37. The van der Waals surface area contributed by atoms with Crippen LogP contribution in [0.5, 0.6) is 0 Å². The van der Waals surface area contributed by atoms with E-state index in [0.717, 1.165) is 43.0 Å². The molecule has 4 atom stereocenters. The van der Waals surface area contributed by atoms with Crippen molar-refractivity contribution in [3.05, 3.63) is 18.3 Å². The summed E-state index contributed by atoms with van der Waals surface area (Å²) in [5.41, 5.74) is 4.04. The average Bonchev–Trinajstić information content (AvgIpc) is 3.39. The van der Waals surface area contributed by atoms with Crippen molar-refractivity contribution in [3.63, 3.8) is 0 Å². The Labute approximate surface area is 170 Å². The summed E-state index contributed by atoms with van der Waals surface area (Å²) < 4.78 is 1.86. The summed E-state index contributed by atoms with van der Waals surface area (Å²) in [6.07, 6.45) is 8.05. The molecule has 29 heavy (non-hydrogen) atoms. The molecular weight excluding hydrogens is 366 g/mol.